The van der Waals surface area contributed by atoms with E-state index in [4.69, 9.17) is 4.52 Å². The molecular weight excluding hydrogens is 320 g/mol. The van der Waals surface area contributed by atoms with Gasteiger partial charge in [-0.1, -0.05) is 23.4 Å². The number of rotatable bonds is 5. The van der Waals surface area contributed by atoms with Crippen molar-refractivity contribution in [2.24, 2.45) is 0 Å². The lowest BCUT2D eigenvalue weighted by Crippen LogP contribution is -2.09. The number of benzene rings is 1. The van der Waals surface area contributed by atoms with Crippen LogP contribution in [0.5, 0.6) is 0 Å². The van der Waals surface area contributed by atoms with Crippen molar-refractivity contribution in [3.63, 3.8) is 0 Å². The van der Waals surface area contributed by atoms with Crippen LogP contribution in [0.15, 0.2) is 51.2 Å². The Morgan fingerprint density at radius 2 is 1.95 bits per heavy atom. The maximum Gasteiger partial charge on any atom is 0.268 e. The first-order chi connectivity index (χ1) is 10.6. The van der Waals surface area contributed by atoms with E-state index in [1.807, 2.05) is 18.4 Å². The summed E-state index contributed by atoms with van der Waals surface area (Å²) >= 11 is 1.52. The van der Waals surface area contributed by atoms with E-state index in [9.17, 15) is 8.42 Å². The van der Waals surface area contributed by atoms with Gasteiger partial charge in [-0.15, -0.1) is 11.3 Å². The zero-order chi connectivity index (χ0) is 15.6. The molecule has 114 valence electrons. The standard InChI is InChI=1S/C15H14N2O3S2/c1-11-7-9-21-14(11)15-16-13(17-20-15)8-10-22(18,19)12-5-3-2-4-6-12/h2-7,9H,8,10H2,1H3. The van der Waals surface area contributed by atoms with Crippen LogP contribution in [-0.4, -0.2) is 24.3 Å². The van der Waals surface area contributed by atoms with E-state index in [2.05, 4.69) is 10.1 Å². The van der Waals surface area contributed by atoms with Gasteiger partial charge in [0.1, 0.15) is 0 Å². The summed E-state index contributed by atoms with van der Waals surface area (Å²) in [5.41, 5.74) is 1.07. The highest BCUT2D eigenvalue weighted by Crippen LogP contribution is 2.27. The molecule has 0 atom stereocenters. The summed E-state index contributed by atoms with van der Waals surface area (Å²) in [5.74, 6) is 0.807. The van der Waals surface area contributed by atoms with Gasteiger partial charge in [0.2, 0.25) is 0 Å². The van der Waals surface area contributed by atoms with Gasteiger partial charge in [0.25, 0.3) is 5.89 Å². The summed E-state index contributed by atoms with van der Waals surface area (Å²) in [4.78, 5) is 5.51. The third kappa shape index (κ3) is 3.10. The first kappa shape index (κ1) is 14.9. The molecule has 22 heavy (non-hydrogen) atoms. The van der Waals surface area contributed by atoms with Crippen molar-refractivity contribution in [3.05, 3.63) is 53.2 Å². The van der Waals surface area contributed by atoms with Gasteiger partial charge < -0.3 is 4.52 Å². The molecule has 1 aromatic carbocycles. The van der Waals surface area contributed by atoms with Crippen LogP contribution in [0.2, 0.25) is 0 Å². The van der Waals surface area contributed by atoms with Crippen molar-refractivity contribution in [2.45, 2.75) is 18.2 Å². The van der Waals surface area contributed by atoms with Crippen molar-refractivity contribution in [1.82, 2.24) is 10.1 Å². The van der Waals surface area contributed by atoms with E-state index in [1.54, 1.807) is 30.3 Å². The van der Waals surface area contributed by atoms with Crippen LogP contribution in [0.3, 0.4) is 0 Å². The molecule has 0 aliphatic heterocycles. The third-order valence-corrected chi connectivity index (χ3v) is 5.96. The molecule has 0 fully saturated rings. The van der Waals surface area contributed by atoms with Crippen LogP contribution in [0, 0.1) is 6.92 Å². The van der Waals surface area contributed by atoms with E-state index in [0.717, 1.165) is 10.4 Å². The lowest BCUT2D eigenvalue weighted by Gasteiger charge is -2.01. The van der Waals surface area contributed by atoms with Crippen molar-refractivity contribution in [3.8, 4) is 10.8 Å². The van der Waals surface area contributed by atoms with Gasteiger partial charge in [-0.2, -0.15) is 4.98 Å². The molecule has 2 heterocycles. The number of nitrogens with zero attached hydrogens (tertiary/aromatic N) is 2. The van der Waals surface area contributed by atoms with Gasteiger partial charge in [0.15, 0.2) is 15.7 Å². The molecule has 2 aromatic heterocycles. The van der Waals surface area contributed by atoms with Crippen LogP contribution >= 0.6 is 11.3 Å². The number of aryl methyl sites for hydroxylation is 2. The molecule has 0 amide bonds. The summed E-state index contributed by atoms with van der Waals surface area (Å²) < 4.78 is 29.6. The first-order valence-corrected chi connectivity index (χ1v) is 9.24. The second-order valence-electron chi connectivity index (χ2n) is 4.83. The fourth-order valence-electron chi connectivity index (χ4n) is 2.01. The number of sulfone groups is 1. The molecule has 0 N–H and O–H groups in total. The van der Waals surface area contributed by atoms with Crippen LogP contribution in [0.25, 0.3) is 10.8 Å². The van der Waals surface area contributed by atoms with Crippen LogP contribution < -0.4 is 0 Å². The number of aromatic nitrogens is 2. The Kier molecular flexibility index (Phi) is 4.08. The summed E-state index contributed by atoms with van der Waals surface area (Å²) in [7, 11) is -3.33. The highest BCUT2D eigenvalue weighted by molar-refractivity contribution is 7.91. The quantitative estimate of drug-likeness (QED) is 0.717. The Labute approximate surface area is 132 Å². The summed E-state index contributed by atoms with van der Waals surface area (Å²) in [6.45, 7) is 1.97. The maximum absolute atomic E-state index is 12.2. The summed E-state index contributed by atoms with van der Waals surface area (Å²) in [5, 5.41) is 5.82. The average molecular weight is 334 g/mol. The van der Waals surface area contributed by atoms with Gasteiger partial charge >= 0.3 is 0 Å². The normalized spacial score (nSPS) is 11.7. The minimum absolute atomic E-state index is 0.0423. The predicted octanol–water partition coefficient (Wildman–Crippen LogP) is 3.12. The Balaban J connectivity index is 1.73. The molecule has 0 aliphatic carbocycles. The second-order valence-corrected chi connectivity index (χ2v) is 7.86. The smallest absolute Gasteiger partial charge is 0.268 e. The lowest BCUT2D eigenvalue weighted by atomic mass is 10.3. The van der Waals surface area contributed by atoms with Gasteiger partial charge in [-0.25, -0.2) is 8.42 Å². The highest BCUT2D eigenvalue weighted by Gasteiger charge is 2.17. The fraction of sp³-hybridized carbons (Fsp3) is 0.200. The number of thiophene rings is 1. The van der Waals surface area contributed by atoms with E-state index in [1.165, 1.54) is 11.3 Å². The SMILES string of the molecule is Cc1ccsc1-c1nc(CCS(=O)(=O)c2ccccc2)no1. The Morgan fingerprint density at radius 1 is 1.18 bits per heavy atom. The molecule has 0 aliphatic rings. The van der Waals surface area contributed by atoms with Crippen molar-refractivity contribution in [2.75, 3.05) is 5.75 Å². The highest BCUT2D eigenvalue weighted by atomic mass is 32.2. The van der Waals surface area contributed by atoms with E-state index in [0.29, 0.717) is 16.6 Å². The molecule has 0 spiro atoms. The molecule has 7 heteroatoms. The van der Waals surface area contributed by atoms with Crippen molar-refractivity contribution in [1.29, 1.82) is 0 Å². The van der Waals surface area contributed by atoms with E-state index < -0.39 is 9.84 Å². The topological polar surface area (TPSA) is 73.1 Å². The van der Waals surface area contributed by atoms with Crippen molar-refractivity contribution < 1.29 is 12.9 Å². The largest absolute Gasteiger partial charge is 0.333 e. The molecule has 0 unspecified atom stereocenters. The zero-order valence-corrected chi connectivity index (χ0v) is 13.5. The molecule has 0 radical (unpaired) electrons. The number of hydrogen-bond donors (Lipinski definition) is 0. The Morgan fingerprint density at radius 3 is 2.64 bits per heavy atom. The minimum atomic E-state index is -3.33. The molecule has 3 rings (SSSR count). The van der Waals surface area contributed by atoms with E-state index in [-0.39, 0.29) is 12.2 Å². The summed E-state index contributed by atoms with van der Waals surface area (Å²) in [6.07, 6.45) is 0.227. The van der Waals surface area contributed by atoms with E-state index >= 15 is 0 Å². The zero-order valence-electron chi connectivity index (χ0n) is 11.9. The minimum Gasteiger partial charge on any atom is -0.333 e. The lowest BCUT2D eigenvalue weighted by molar-refractivity contribution is 0.424. The molecule has 5 nitrogen and oxygen atoms in total. The van der Waals surface area contributed by atoms with Gasteiger partial charge in [-0.3, -0.25) is 0 Å². The molecule has 0 saturated heterocycles. The average Bonchev–Trinajstić information content (AvgIpc) is 3.15. The van der Waals surface area contributed by atoms with Gasteiger partial charge in [-0.05, 0) is 36.1 Å². The first-order valence-electron chi connectivity index (χ1n) is 6.71. The number of hydrogen-bond acceptors (Lipinski definition) is 6. The fourth-order valence-corrected chi connectivity index (χ4v) is 4.12. The molecular formula is C15H14N2O3S2. The molecule has 3 aromatic rings. The Bertz CT molecular complexity index is 867. The molecule has 0 bridgehead atoms. The van der Waals surface area contributed by atoms with Crippen LogP contribution in [0.4, 0.5) is 0 Å². The van der Waals surface area contributed by atoms with Crippen LogP contribution in [-0.2, 0) is 16.3 Å². The predicted molar refractivity (Wildman–Crippen MR) is 84.5 cm³/mol. The monoisotopic (exact) mass is 334 g/mol. The van der Waals surface area contributed by atoms with Crippen molar-refractivity contribution >= 4 is 21.2 Å². The van der Waals surface area contributed by atoms with Crippen LogP contribution in [0.1, 0.15) is 11.4 Å². The second kappa shape index (κ2) is 6.02. The third-order valence-electron chi connectivity index (χ3n) is 3.22. The van der Waals surface area contributed by atoms with Gasteiger partial charge in [0, 0.05) is 6.42 Å². The molecule has 0 saturated carbocycles. The maximum atomic E-state index is 12.2. The Hall–Kier alpha value is -1.99. The summed E-state index contributed by atoms with van der Waals surface area (Å²) in [6, 6.07) is 10.4. The van der Waals surface area contributed by atoms with Gasteiger partial charge in [0.05, 0.1) is 15.5 Å².